The zero-order valence-electron chi connectivity index (χ0n) is 26.7. The van der Waals surface area contributed by atoms with E-state index in [1.165, 1.54) is 7.11 Å². The van der Waals surface area contributed by atoms with Gasteiger partial charge in [-0.3, -0.25) is 14.4 Å². The molecule has 10 heteroatoms. The van der Waals surface area contributed by atoms with Crippen LogP contribution in [0.1, 0.15) is 65.3 Å². The van der Waals surface area contributed by atoms with Crippen LogP contribution in [0.4, 0.5) is 11.4 Å². The summed E-state index contributed by atoms with van der Waals surface area (Å²) in [5.41, 5.74) is 6.52. The van der Waals surface area contributed by atoms with Crippen molar-refractivity contribution in [1.29, 1.82) is 0 Å². The Balaban J connectivity index is 1.39. The average molecular weight is 613 g/mol. The fourth-order valence-corrected chi connectivity index (χ4v) is 7.40. The van der Waals surface area contributed by atoms with Crippen LogP contribution in [0.25, 0.3) is 11.1 Å². The number of anilines is 2. The van der Waals surface area contributed by atoms with E-state index in [2.05, 4.69) is 62.3 Å². The molecule has 2 saturated heterocycles. The predicted molar refractivity (Wildman–Crippen MR) is 177 cm³/mol. The lowest BCUT2D eigenvalue weighted by atomic mass is 9.74. The number of rotatable bonds is 8. The number of piperidine rings is 2. The van der Waals surface area contributed by atoms with Crippen LogP contribution < -0.4 is 36.5 Å². The van der Waals surface area contributed by atoms with Crippen LogP contribution in [-0.2, 0) is 16.8 Å². The van der Waals surface area contributed by atoms with Crippen molar-refractivity contribution < 1.29 is 14.3 Å². The molecule has 0 radical (unpaired) electrons. The minimum absolute atomic E-state index is 0.0320. The summed E-state index contributed by atoms with van der Waals surface area (Å²) in [5, 5.41) is 13.0. The zero-order chi connectivity index (χ0) is 31.7. The molecule has 3 aliphatic rings. The number of nitrogens with one attached hydrogen (secondary N) is 5. The summed E-state index contributed by atoms with van der Waals surface area (Å²) < 4.78 is 5.45. The molecule has 2 amide bonds. The van der Waals surface area contributed by atoms with Crippen molar-refractivity contribution in [2.24, 2.45) is 0 Å². The van der Waals surface area contributed by atoms with Gasteiger partial charge in [0.05, 0.1) is 24.6 Å². The summed E-state index contributed by atoms with van der Waals surface area (Å²) in [6.45, 7) is 10.3. The number of pyridine rings is 1. The first-order valence-corrected chi connectivity index (χ1v) is 16.1. The quantitative estimate of drug-likeness (QED) is 0.262. The number of methoxy groups -OCH3 is 1. The van der Waals surface area contributed by atoms with E-state index >= 15 is 0 Å². The number of aryl methyl sites for hydroxylation is 1. The van der Waals surface area contributed by atoms with E-state index in [1.807, 2.05) is 13.0 Å². The summed E-state index contributed by atoms with van der Waals surface area (Å²) in [5.74, 6) is 0.255. The molecule has 0 unspecified atom stereocenters. The first-order valence-electron chi connectivity index (χ1n) is 16.1. The Labute approximate surface area is 264 Å². The van der Waals surface area contributed by atoms with E-state index in [0.717, 1.165) is 92.0 Å². The van der Waals surface area contributed by atoms with Crippen molar-refractivity contribution in [2.75, 3.05) is 50.1 Å². The number of carbonyl (C=O) groups excluding carboxylic acids is 2. The first kappa shape index (κ1) is 30.9. The zero-order valence-corrected chi connectivity index (χ0v) is 26.7. The molecule has 5 N–H and O–H groups in total. The molecule has 1 aromatic heterocycles. The fraction of sp³-hybridized carbons (Fsp3) is 0.457. The van der Waals surface area contributed by atoms with Crippen LogP contribution in [-0.4, -0.2) is 62.7 Å². The number of amides is 2. The molecule has 0 aliphatic carbocycles. The molecule has 1 spiro atoms. The Bertz CT molecular complexity index is 1670. The maximum absolute atomic E-state index is 13.9. The van der Waals surface area contributed by atoms with Gasteiger partial charge in [0.15, 0.2) is 0 Å². The van der Waals surface area contributed by atoms with Crippen LogP contribution >= 0.6 is 0 Å². The number of nitrogens with zero attached hydrogens (tertiary/aromatic N) is 1. The van der Waals surface area contributed by atoms with Gasteiger partial charge in [-0.2, -0.15) is 0 Å². The third-order valence-electron chi connectivity index (χ3n) is 9.91. The highest BCUT2D eigenvalue weighted by Gasteiger charge is 2.47. The average Bonchev–Trinajstić information content (AvgIpc) is 3.31. The molecule has 10 nitrogen and oxygen atoms in total. The summed E-state index contributed by atoms with van der Waals surface area (Å²) in [7, 11) is 1.52. The Kier molecular flexibility index (Phi) is 8.70. The Morgan fingerprint density at radius 3 is 2.44 bits per heavy atom. The van der Waals surface area contributed by atoms with Gasteiger partial charge >= 0.3 is 0 Å². The molecule has 4 heterocycles. The Morgan fingerprint density at radius 2 is 1.73 bits per heavy atom. The molecule has 238 valence electrons. The monoisotopic (exact) mass is 612 g/mol. The van der Waals surface area contributed by atoms with Gasteiger partial charge in [-0.25, -0.2) is 0 Å². The third kappa shape index (κ3) is 5.73. The number of fused-ring (bicyclic) bond motifs is 2. The second kappa shape index (κ2) is 12.7. The molecule has 3 aromatic rings. The fourth-order valence-electron chi connectivity index (χ4n) is 7.40. The van der Waals surface area contributed by atoms with E-state index in [1.54, 1.807) is 13.0 Å². The van der Waals surface area contributed by atoms with Crippen molar-refractivity contribution in [3.05, 3.63) is 74.7 Å². The molecule has 0 atom stereocenters. The van der Waals surface area contributed by atoms with Gasteiger partial charge < -0.3 is 35.9 Å². The maximum Gasteiger partial charge on any atom is 0.256 e. The lowest BCUT2D eigenvalue weighted by molar-refractivity contribution is -0.121. The standard InChI is InChI=1S/C35H44N6O4/c1-5-41(25-8-12-36-13-9-25)30-19-24(23-6-7-28-29(18-23)40-34(44)35(28)10-14-37-15-11-35)17-26(22(30)3)32(42)38-20-27-31(45-4)16-21(2)39-33(27)43/h6-7,16-19,25,36-37H,5,8-15,20H2,1-4H3,(H,38,42)(H,39,43)(H,40,44). The SMILES string of the molecule is CCN(c1cc(-c2ccc3c(c2)NC(=O)C32CCNCC2)cc(C(=O)NCc2c(OC)cc(C)[nH]c2=O)c1C)C1CCNCC1. The van der Waals surface area contributed by atoms with Crippen LogP contribution in [0, 0.1) is 13.8 Å². The minimum atomic E-state index is -0.481. The maximum atomic E-state index is 13.9. The van der Waals surface area contributed by atoms with Crippen molar-refractivity contribution in [3.63, 3.8) is 0 Å². The highest BCUT2D eigenvalue weighted by molar-refractivity contribution is 6.07. The van der Waals surface area contributed by atoms with Gasteiger partial charge in [0, 0.05) is 35.2 Å². The second-order valence-corrected chi connectivity index (χ2v) is 12.5. The molecule has 0 bridgehead atoms. The van der Waals surface area contributed by atoms with Crippen LogP contribution in [0.3, 0.4) is 0 Å². The molecule has 6 rings (SSSR count). The van der Waals surface area contributed by atoms with Gasteiger partial charge in [0.1, 0.15) is 5.75 Å². The number of carbonyl (C=O) groups is 2. The number of ether oxygens (including phenoxy) is 1. The number of aromatic amines is 1. The van der Waals surface area contributed by atoms with Gasteiger partial charge in [-0.1, -0.05) is 12.1 Å². The minimum Gasteiger partial charge on any atom is -0.496 e. The molecule has 2 aromatic carbocycles. The first-order chi connectivity index (χ1) is 21.8. The Morgan fingerprint density at radius 1 is 1.00 bits per heavy atom. The summed E-state index contributed by atoms with van der Waals surface area (Å²) >= 11 is 0. The summed E-state index contributed by atoms with van der Waals surface area (Å²) in [4.78, 5) is 45.1. The molecule has 3 aliphatic heterocycles. The van der Waals surface area contributed by atoms with E-state index in [9.17, 15) is 14.4 Å². The van der Waals surface area contributed by atoms with Crippen LogP contribution in [0.2, 0.25) is 0 Å². The molecule has 45 heavy (non-hydrogen) atoms. The van der Waals surface area contributed by atoms with E-state index in [-0.39, 0.29) is 23.9 Å². The van der Waals surface area contributed by atoms with Gasteiger partial charge in [0.25, 0.3) is 11.5 Å². The molecular weight excluding hydrogens is 568 g/mol. The van der Waals surface area contributed by atoms with Gasteiger partial charge in [-0.15, -0.1) is 0 Å². The van der Waals surface area contributed by atoms with Crippen LogP contribution in [0.15, 0.2) is 41.2 Å². The van der Waals surface area contributed by atoms with Crippen LogP contribution in [0.5, 0.6) is 5.75 Å². The highest BCUT2D eigenvalue weighted by Crippen LogP contribution is 2.45. The number of hydrogen-bond acceptors (Lipinski definition) is 7. The number of aromatic nitrogens is 1. The predicted octanol–water partition coefficient (Wildman–Crippen LogP) is 3.75. The van der Waals surface area contributed by atoms with E-state index in [4.69, 9.17) is 4.74 Å². The molecule has 0 saturated carbocycles. The second-order valence-electron chi connectivity index (χ2n) is 12.5. The van der Waals surface area contributed by atoms with Crippen molar-refractivity contribution in [2.45, 2.75) is 64.5 Å². The van der Waals surface area contributed by atoms with E-state index < -0.39 is 5.41 Å². The molecule has 2 fully saturated rings. The highest BCUT2D eigenvalue weighted by atomic mass is 16.5. The largest absolute Gasteiger partial charge is 0.496 e. The number of hydrogen-bond donors (Lipinski definition) is 5. The summed E-state index contributed by atoms with van der Waals surface area (Å²) in [6, 6.07) is 12.5. The van der Waals surface area contributed by atoms with Crippen molar-refractivity contribution >= 4 is 23.2 Å². The Hall–Kier alpha value is -4.15. The lowest BCUT2D eigenvalue weighted by Gasteiger charge is -2.37. The van der Waals surface area contributed by atoms with Crippen molar-refractivity contribution in [3.8, 4) is 16.9 Å². The number of benzene rings is 2. The van der Waals surface area contributed by atoms with E-state index in [0.29, 0.717) is 28.6 Å². The topological polar surface area (TPSA) is 128 Å². The van der Waals surface area contributed by atoms with Gasteiger partial charge in [-0.05, 0) is 119 Å². The van der Waals surface area contributed by atoms with Crippen molar-refractivity contribution in [1.82, 2.24) is 20.9 Å². The third-order valence-corrected chi connectivity index (χ3v) is 9.91. The smallest absolute Gasteiger partial charge is 0.256 e. The normalized spacial score (nSPS) is 17.6. The lowest BCUT2D eigenvalue weighted by Crippen LogP contribution is -2.44. The number of H-pyrrole nitrogens is 1. The molecular formula is C35H44N6O4. The summed E-state index contributed by atoms with van der Waals surface area (Å²) in [6.07, 6.45) is 3.61. The van der Waals surface area contributed by atoms with Gasteiger partial charge in [0.2, 0.25) is 5.91 Å².